The van der Waals surface area contributed by atoms with E-state index in [0.717, 1.165) is 33.4 Å². The number of aliphatic imine (C=N–C) groups is 1. The van der Waals surface area contributed by atoms with Gasteiger partial charge in [0.2, 0.25) is 0 Å². The van der Waals surface area contributed by atoms with Crippen molar-refractivity contribution in [1.29, 1.82) is 0 Å². The van der Waals surface area contributed by atoms with Crippen LogP contribution in [0.1, 0.15) is 5.56 Å². The first-order valence-corrected chi connectivity index (χ1v) is 11.8. The number of ether oxygens (including phenoxy) is 1. The van der Waals surface area contributed by atoms with Crippen LogP contribution in [0.5, 0.6) is 5.75 Å². The number of aromatic amines is 1. The number of amidine groups is 1. The van der Waals surface area contributed by atoms with Crippen LogP contribution in [0, 0.1) is 6.92 Å². The summed E-state index contributed by atoms with van der Waals surface area (Å²) in [5.74, 6) is 0.143. The Morgan fingerprint density at radius 2 is 1.79 bits per heavy atom. The van der Waals surface area contributed by atoms with Crippen LogP contribution in [0.15, 0.2) is 83.9 Å². The van der Waals surface area contributed by atoms with E-state index in [2.05, 4.69) is 10.4 Å². The Labute approximate surface area is 200 Å². The van der Waals surface area contributed by atoms with Crippen molar-refractivity contribution in [3.8, 4) is 17.0 Å². The number of aryl methyl sites for hydroxylation is 1. The van der Waals surface area contributed by atoms with Crippen LogP contribution in [0.2, 0.25) is 0 Å². The zero-order valence-corrected chi connectivity index (χ0v) is 19.3. The molecule has 2 heterocycles. The van der Waals surface area contributed by atoms with E-state index >= 15 is 0 Å². The number of para-hydroxylation sites is 2. The molecule has 7 nitrogen and oxygen atoms in total. The highest BCUT2D eigenvalue weighted by molar-refractivity contribution is 8.15. The molecule has 2 amide bonds. The van der Waals surface area contributed by atoms with Gasteiger partial charge in [-0.1, -0.05) is 78.5 Å². The molecule has 1 aromatic heterocycles. The average molecular weight is 471 g/mol. The summed E-state index contributed by atoms with van der Waals surface area (Å²) in [7, 11) is 0. The lowest BCUT2D eigenvalue weighted by molar-refractivity contribution is -0.135. The van der Waals surface area contributed by atoms with Gasteiger partial charge in [-0.2, -0.15) is 5.01 Å². The fourth-order valence-electron chi connectivity index (χ4n) is 3.73. The van der Waals surface area contributed by atoms with E-state index in [0.29, 0.717) is 10.9 Å². The van der Waals surface area contributed by atoms with Crippen LogP contribution in [0.25, 0.3) is 22.2 Å². The highest BCUT2D eigenvalue weighted by Crippen LogP contribution is 2.38. The third kappa shape index (κ3) is 4.40. The summed E-state index contributed by atoms with van der Waals surface area (Å²) < 4.78 is 5.62. The maximum absolute atomic E-state index is 12.6. The van der Waals surface area contributed by atoms with Gasteiger partial charge in [0.1, 0.15) is 5.75 Å². The number of rotatable bonds is 6. The van der Waals surface area contributed by atoms with Crippen molar-refractivity contribution >= 4 is 45.3 Å². The van der Waals surface area contributed by atoms with Crippen LogP contribution in [-0.4, -0.2) is 39.3 Å². The lowest BCUT2D eigenvalue weighted by Gasteiger charge is -2.17. The first kappa shape index (κ1) is 21.8. The van der Waals surface area contributed by atoms with E-state index < -0.39 is 5.91 Å². The minimum atomic E-state index is -0.436. The summed E-state index contributed by atoms with van der Waals surface area (Å²) in [6.45, 7) is 1.69. The minimum Gasteiger partial charge on any atom is -0.483 e. The van der Waals surface area contributed by atoms with Crippen LogP contribution < -0.4 is 10.2 Å². The highest BCUT2D eigenvalue weighted by Gasteiger charge is 2.31. The number of thioether (sulfide) groups is 1. The first-order chi connectivity index (χ1) is 16.6. The Balaban J connectivity index is 1.42. The molecular formula is C26H22N4O3S. The largest absolute Gasteiger partial charge is 0.483 e. The Hall–Kier alpha value is -4.04. The van der Waals surface area contributed by atoms with Crippen molar-refractivity contribution in [2.24, 2.45) is 4.99 Å². The molecule has 1 aliphatic rings. The number of carbonyl (C=O) groups is 2. The zero-order valence-electron chi connectivity index (χ0n) is 18.4. The monoisotopic (exact) mass is 470 g/mol. The van der Waals surface area contributed by atoms with Gasteiger partial charge in [-0.3, -0.25) is 15.0 Å². The van der Waals surface area contributed by atoms with Crippen LogP contribution in [-0.2, 0) is 9.59 Å². The number of nitrogens with zero attached hydrogens (tertiary/aromatic N) is 2. The van der Waals surface area contributed by atoms with Crippen LogP contribution in [0.3, 0.4) is 0 Å². The lowest BCUT2D eigenvalue weighted by atomic mass is 10.1. The summed E-state index contributed by atoms with van der Waals surface area (Å²) in [6, 6.07) is 25.2. The number of hydrogen-bond acceptors (Lipinski definition) is 5. The van der Waals surface area contributed by atoms with E-state index in [4.69, 9.17) is 9.73 Å². The molecule has 1 saturated heterocycles. The number of hydrazine groups is 1. The number of aromatic nitrogens is 1. The van der Waals surface area contributed by atoms with E-state index in [1.165, 1.54) is 16.8 Å². The fraction of sp³-hybridized carbons (Fsp3) is 0.115. The van der Waals surface area contributed by atoms with Crippen molar-refractivity contribution in [3.05, 3.63) is 84.4 Å². The second kappa shape index (κ2) is 9.44. The molecule has 170 valence electrons. The molecule has 34 heavy (non-hydrogen) atoms. The molecule has 0 unspecified atom stereocenters. The van der Waals surface area contributed by atoms with Crippen molar-refractivity contribution in [2.75, 3.05) is 12.4 Å². The summed E-state index contributed by atoms with van der Waals surface area (Å²) >= 11 is 1.29. The van der Waals surface area contributed by atoms with Gasteiger partial charge >= 0.3 is 0 Å². The van der Waals surface area contributed by atoms with Crippen molar-refractivity contribution in [1.82, 2.24) is 15.4 Å². The molecule has 0 spiro atoms. The fourth-order valence-corrected chi connectivity index (χ4v) is 4.54. The first-order valence-electron chi connectivity index (χ1n) is 10.8. The number of amides is 2. The van der Waals surface area contributed by atoms with Crippen molar-refractivity contribution in [3.63, 3.8) is 0 Å². The van der Waals surface area contributed by atoms with Gasteiger partial charge in [0, 0.05) is 16.5 Å². The third-order valence-corrected chi connectivity index (χ3v) is 6.33. The van der Waals surface area contributed by atoms with Gasteiger partial charge in [0.25, 0.3) is 11.8 Å². The molecule has 8 heteroatoms. The maximum atomic E-state index is 12.6. The number of carbonyl (C=O) groups excluding carboxylic acids is 2. The van der Waals surface area contributed by atoms with E-state index in [-0.39, 0.29) is 18.3 Å². The normalized spacial score (nSPS) is 14.7. The topological polar surface area (TPSA) is 86.8 Å². The van der Waals surface area contributed by atoms with E-state index in [1.54, 1.807) is 6.07 Å². The molecule has 2 N–H and O–H groups in total. The van der Waals surface area contributed by atoms with Gasteiger partial charge in [-0.05, 0) is 24.6 Å². The summed E-state index contributed by atoms with van der Waals surface area (Å²) in [5.41, 5.74) is 7.07. The Morgan fingerprint density at radius 3 is 2.62 bits per heavy atom. The predicted octanol–water partition coefficient (Wildman–Crippen LogP) is 4.82. The van der Waals surface area contributed by atoms with E-state index in [1.807, 2.05) is 79.7 Å². The Bertz CT molecular complexity index is 1400. The van der Waals surface area contributed by atoms with E-state index in [9.17, 15) is 9.59 Å². The van der Waals surface area contributed by atoms with Gasteiger partial charge in [0.15, 0.2) is 11.8 Å². The molecule has 0 atom stereocenters. The Morgan fingerprint density at radius 1 is 1.06 bits per heavy atom. The minimum absolute atomic E-state index is 0.195. The van der Waals surface area contributed by atoms with Gasteiger partial charge < -0.3 is 9.72 Å². The number of benzene rings is 3. The van der Waals surface area contributed by atoms with Gasteiger partial charge in [-0.15, -0.1) is 0 Å². The standard InChI is InChI=1S/C26H22N4O3S/c1-17-9-5-8-14-21(17)33-15-22(31)29-30-23(32)16-34-26(30)28-25-19-12-6-7-13-20(19)27-24(25)18-10-3-2-4-11-18/h2-14,27H,15-16H2,1H3,(H,29,31). The van der Waals surface area contributed by atoms with Gasteiger partial charge in [-0.25, -0.2) is 4.99 Å². The number of nitrogens with one attached hydrogen (secondary N) is 2. The molecule has 1 fully saturated rings. The molecule has 0 saturated carbocycles. The van der Waals surface area contributed by atoms with Crippen molar-refractivity contribution < 1.29 is 14.3 Å². The highest BCUT2D eigenvalue weighted by atomic mass is 32.2. The zero-order chi connectivity index (χ0) is 23.5. The second-order valence-corrected chi connectivity index (χ2v) is 8.70. The summed E-state index contributed by atoms with van der Waals surface area (Å²) in [4.78, 5) is 33.4. The molecule has 0 radical (unpaired) electrons. The molecule has 1 aliphatic heterocycles. The maximum Gasteiger partial charge on any atom is 0.276 e. The molecular weight excluding hydrogens is 448 g/mol. The van der Waals surface area contributed by atoms with Gasteiger partial charge in [0.05, 0.1) is 17.1 Å². The SMILES string of the molecule is Cc1ccccc1OCC(=O)NN1C(=O)CSC1=Nc1c(-c2ccccc2)[nH]c2ccccc12. The van der Waals surface area contributed by atoms with Crippen LogP contribution in [0.4, 0.5) is 5.69 Å². The third-order valence-electron chi connectivity index (χ3n) is 5.40. The quantitative estimate of drug-likeness (QED) is 0.423. The van der Waals surface area contributed by atoms with Crippen LogP contribution >= 0.6 is 11.8 Å². The second-order valence-electron chi connectivity index (χ2n) is 7.76. The predicted molar refractivity (Wildman–Crippen MR) is 135 cm³/mol. The average Bonchev–Trinajstić information content (AvgIpc) is 3.40. The number of H-pyrrole nitrogens is 1. The lowest BCUT2D eigenvalue weighted by Crippen LogP contribution is -2.47. The smallest absolute Gasteiger partial charge is 0.276 e. The summed E-state index contributed by atoms with van der Waals surface area (Å²) in [6.07, 6.45) is 0. The Kier molecular flexibility index (Phi) is 6.05. The number of hydrogen-bond donors (Lipinski definition) is 2. The number of fused-ring (bicyclic) bond motifs is 1. The molecule has 3 aromatic carbocycles. The molecule has 0 aliphatic carbocycles. The molecule has 0 bridgehead atoms. The molecule has 4 aromatic rings. The molecule has 5 rings (SSSR count). The van der Waals surface area contributed by atoms with Crippen molar-refractivity contribution in [2.45, 2.75) is 6.92 Å². The summed E-state index contributed by atoms with van der Waals surface area (Å²) in [5, 5.41) is 2.56.